The first-order valence-corrected chi connectivity index (χ1v) is 9.14. The van der Waals surface area contributed by atoms with Crippen molar-refractivity contribution in [2.75, 3.05) is 0 Å². The lowest BCUT2D eigenvalue weighted by Gasteiger charge is -2.11. The van der Waals surface area contributed by atoms with Gasteiger partial charge in [0.05, 0.1) is 24.2 Å². The number of nitrogens with zero attached hydrogens (tertiary/aromatic N) is 2. The van der Waals surface area contributed by atoms with Gasteiger partial charge in [-0.05, 0) is 55.8 Å². The fourth-order valence-corrected chi connectivity index (χ4v) is 2.99. The Morgan fingerprint density at radius 1 is 1.21 bits per heavy atom. The third kappa shape index (κ3) is 5.02. The first kappa shape index (κ1) is 20.2. The lowest BCUT2D eigenvalue weighted by molar-refractivity contribution is -0.137. The van der Waals surface area contributed by atoms with E-state index >= 15 is 0 Å². The zero-order chi connectivity index (χ0) is 20.8. The third-order valence-corrected chi connectivity index (χ3v) is 4.56. The van der Waals surface area contributed by atoms with E-state index in [1.807, 2.05) is 19.1 Å². The molecule has 1 aromatic heterocycles. The quantitative estimate of drug-likeness (QED) is 0.602. The molecule has 0 aliphatic heterocycles. The van der Waals surface area contributed by atoms with Crippen molar-refractivity contribution < 1.29 is 19.0 Å². The molecule has 148 valence electrons. The minimum Gasteiger partial charge on any atom is -0.489 e. The highest BCUT2D eigenvalue weighted by Crippen LogP contribution is 2.23. The Morgan fingerprint density at radius 3 is 2.52 bits per heavy atom. The summed E-state index contributed by atoms with van der Waals surface area (Å²) in [4.78, 5) is 11.0. The number of rotatable bonds is 7. The molecule has 0 amide bonds. The number of aliphatic carboxylic acids is 1. The summed E-state index contributed by atoms with van der Waals surface area (Å²) in [5.74, 6) is 4.86. The van der Waals surface area contributed by atoms with Crippen molar-refractivity contribution in [3.8, 4) is 23.3 Å². The Balaban J connectivity index is 1.68. The van der Waals surface area contributed by atoms with Gasteiger partial charge in [-0.25, -0.2) is 9.07 Å². The number of benzene rings is 2. The minimum absolute atomic E-state index is 0.0389. The number of ether oxygens (including phenoxy) is 1. The molecular weight excluding hydrogens is 371 g/mol. The smallest absolute Gasteiger partial charge is 0.304 e. The van der Waals surface area contributed by atoms with E-state index < -0.39 is 5.97 Å². The number of hydrogen-bond acceptors (Lipinski definition) is 3. The highest BCUT2D eigenvalue weighted by Gasteiger charge is 2.13. The third-order valence-electron chi connectivity index (χ3n) is 4.56. The largest absolute Gasteiger partial charge is 0.489 e. The van der Waals surface area contributed by atoms with Crippen LogP contribution in [0.25, 0.3) is 5.69 Å². The maximum atomic E-state index is 13.1. The van der Waals surface area contributed by atoms with Crippen LogP contribution in [0.5, 0.6) is 5.75 Å². The number of carboxylic acids is 1. The monoisotopic (exact) mass is 392 g/mol. The van der Waals surface area contributed by atoms with Crippen molar-refractivity contribution in [3.05, 3.63) is 77.4 Å². The summed E-state index contributed by atoms with van der Waals surface area (Å²) in [5, 5.41) is 13.4. The van der Waals surface area contributed by atoms with Gasteiger partial charge < -0.3 is 9.84 Å². The molecule has 2 aromatic carbocycles. The Kier molecular flexibility index (Phi) is 6.30. The summed E-state index contributed by atoms with van der Waals surface area (Å²) in [6, 6.07) is 13.4. The molecule has 0 spiro atoms. The topological polar surface area (TPSA) is 64.3 Å². The normalized spacial score (nSPS) is 11.4. The van der Waals surface area contributed by atoms with Crippen molar-refractivity contribution in [2.45, 2.75) is 32.8 Å². The van der Waals surface area contributed by atoms with Gasteiger partial charge in [0.15, 0.2) is 0 Å². The van der Waals surface area contributed by atoms with Crippen molar-refractivity contribution in [1.29, 1.82) is 0 Å². The molecule has 3 rings (SSSR count). The highest BCUT2D eigenvalue weighted by atomic mass is 19.1. The van der Waals surface area contributed by atoms with E-state index in [-0.39, 0.29) is 18.2 Å². The number of halogens is 1. The van der Waals surface area contributed by atoms with Gasteiger partial charge in [-0.1, -0.05) is 18.1 Å². The van der Waals surface area contributed by atoms with Gasteiger partial charge in [0, 0.05) is 11.3 Å². The molecule has 1 unspecified atom stereocenters. The molecule has 1 heterocycles. The maximum absolute atomic E-state index is 13.1. The van der Waals surface area contributed by atoms with Crippen LogP contribution in [0.2, 0.25) is 0 Å². The van der Waals surface area contributed by atoms with Crippen LogP contribution in [0, 0.1) is 24.6 Å². The zero-order valence-electron chi connectivity index (χ0n) is 16.2. The molecule has 6 heteroatoms. The molecule has 3 aromatic rings. The van der Waals surface area contributed by atoms with Crippen LogP contribution in [0.4, 0.5) is 4.39 Å². The summed E-state index contributed by atoms with van der Waals surface area (Å²) < 4.78 is 20.7. The maximum Gasteiger partial charge on any atom is 0.304 e. The van der Waals surface area contributed by atoms with Crippen molar-refractivity contribution in [2.24, 2.45) is 0 Å². The standard InChI is InChI=1S/C23H21FN2O3/c1-3-4-18(13-23(27)28)17-5-11-22(12-6-17)29-15-19-14-25-26(16(19)2)21-9-7-20(24)8-10-21/h5-12,14,18H,13,15H2,1-2H3,(H,27,28). The van der Waals surface area contributed by atoms with Gasteiger partial charge in [0.2, 0.25) is 0 Å². The number of carbonyl (C=O) groups is 1. The zero-order valence-corrected chi connectivity index (χ0v) is 16.2. The van der Waals surface area contributed by atoms with Crippen LogP contribution in [-0.2, 0) is 11.4 Å². The van der Waals surface area contributed by atoms with Gasteiger partial charge in [-0.2, -0.15) is 5.10 Å². The average molecular weight is 392 g/mol. The van der Waals surface area contributed by atoms with Crippen molar-refractivity contribution in [1.82, 2.24) is 9.78 Å². The second-order valence-electron chi connectivity index (χ2n) is 6.55. The van der Waals surface area contributed by atoms with E-state index in [9.17, 15) is 9.18 Å². The number of hydrogen-bond donors (Lipinski definition) is 1. The highest BCUT2D eigenvalue weighted by molar-refractivity contribution is 5.69. The summed E-state index contributed by atoms with van der Waals surface area (Å²) in [6.07, 6.45) is 1.69. The molecule has 0 aliphatic carbocycles. The van der Waals surface area contributed by atoms with Crippen LogP contribution in [0.1, 0.15) is 36.1 Å². The van der Waals surface area contributed by atoms with E-state index in [0.29, 0.717) is 12.4 Å². The van der Waals surface area contributed by atoms with E-state index in [1.165, 1.54) is 12.1 Å². The summed E-state index contributed by atoms with van der Waals surface area (Å²) in [6.45, 7) is 3.96. The van der Waals surface area contributed by atoms with Gasteiger partial charge in [0.1, 0.15) is 18.2 Å². The summed E-state index contributed by atoms with van der Waals surface area (Å²) in [7, 11) is 0. The Hall–Kier alpha value is -3.59. The molecule has 0 aliphatic rings. The molecule has 0 saturated heterocycles. The molecule has 29 heavy (non-hydrogen) atoms. The van der Waals surface area contributed by atoms with Crippen molar-refractivity contribution >= 4 is 5.97 Å². The SMILES string of the molecule is CC#CC(CC(=O)O)c1ccc(OCc2cnn(-c3ccc(F)cc3)c2C)cc1. The molecule has 0 radical (unpaired) electrons. The van der Waals surface area contributed by atoms with Crippen LogP contribution < -0.4 is 4.74 Å². The molecule has 1 atom stereocenters. The summed E-state index contributed by atoms with van der Waals surface area (Å²) in [5.41, 5.74) is 3.45. The van der Waals surface area contributed by atoms with Crippen LogP contribution in [0.15, 0.2) is 54.7 Å². The predicted molar refractivity (Wildman–Crippen MR) is 107 cm³/mol. The predicted octanol–water partition coefficient (Wildman–Crippen LogP) is 4.48. The average Bonchev–Trinajstić information content (AvgIpc) is 3.07. The van der Waals surface area contributed by atoms with Crippen LogP contribution in [-0.4, -0.2) is 20.9 Å². The number of carboxylic acid groups (broad SMARTS) is 1. The van der Waals surface area contributed by atoms with Crippen LogP contribution >= 0.6 is 0 Å². The van der Waals surface area contributed by atoms with E-state index in [4.69, 9.17) is 9.84 Å². The second-order valence-corrected chi connectivity index (χ2v) is 6.55. The van der Waals surface area contributed by atoms with Crippen molar-refractivity contribution in [3.63, 3.8) is 0 Å². The van der Waals surface area contributed by atoms with Crippen LogP contribution in [0.3, 0.4) is 0 Å². The van der Waals surface area contributed by atoms with Gasteiger partial charge in [-0.3, -0.25) is 4.79 Å². The Bertz CT molecular complexity index is 1040. The van der Waals surface area contributed by atoms with Gasteiger partial charge >= 0.3 is 5.97 Å². The molecular formula is C23H21FN2O3. The first-order chi connectivity index (χ1) is 14.0. The lowest BCUT2D eigenvalue weighted by Crippen LogP contribution is -2.05. The second kappa shape index (κ2) is 9.07. The van der Waals surface area contributed by atoms with E-state index in [0.717, 1.165) is 22.5 Å². The van der Waals surface area contributed by atoms with Gasteiger partial charge in [0.25, 0.3) is 0 Å². The Labute approximate surface area is 168 Å². The summed E-state index contributed by atoms with van der Waals surface area (Å²) >= 11 is 0. The molecule has 0 saturated carbocycles. The van der Waals surface area contributed by atoms with E-state index in [1.54, 1.807) is 42.1 Å². The molecule has 5 nitrogen and oxygen atoms in total. The molecule has 1 N–H and O–H groups in total. The van der Waals surface area contributed by atoms with Gasteiger partial charge in [-0.15, -0.1) is 5.92 Å². The lowest BCUT2D eigenvalue weighted by atomic mass is 9.96. The first-order valence-electron chi connectivity index (χ1n) is 9.14. The Morgan fingerprint density at radius 2 is 1.90 bits per heavy atom. The van der Waals surface area contributed by atoms with E-state index in [2.05, 4.69) is 16.9 Å². The molecule has 0 bridgehead atoms. The number of aromatic nitrogens is 2. The minimum atomic E-state index is -0.883. The molecule has 0 fully saturated rings. The fourth-order valence-electron chi connectivity index (χ4n) is 2.99. The fraction of sp³-hybridized carbons (Fsp3) is 0.217.